The van der Waals surface area contributed by atoms with E-state index in [0.717, 1.165) is 5.65 Å². The van der Waals surface area contributed by atoms with Crippen molar-refractivity contribution in [3.05, 3.63) is 23.7 Å². The maximum absolute atomic E-state index is 5.99. The molecule has 14 heavy (non-hydrogen) atoms. The molecule has 0 radical (unpaired) electrons. The monoisotopic (exact) mass is 209 g/mol. The second kappa shape index (κ2) is 2.76. The van der Waals surface area contributed by atoms with Gasteiger partial charge in [0.15, 0.2) is 0 Å². The van der Waals surface area contributed by atoms with Crippen LogP contribution in [0.5, 0.6) is 0 Å². The van der Waals surface area contributed by atoms with Crippen LogP contribution in [0.2, 0.25) is 0 Å². The predicted octanol–water partition coefficient (Wildman–Crippen LogP) is 2.29. The van der Waals surface area contributed by atoms with Gasteiger partial charge in [0, 0.05) is 30.9 Å². The van der Waals surface area contributed by atoms with Gasteiger partial charge in [0.2, 0.25) is 0 Å². The lowest BCUT2D eigenvalue weighted by atomic mass is 10.2. The van der Waals surface area contributed by atoms with Gasteiger partial charge in [-0.2, -0.15) is 5.10 Å². The third-order valence-electron chi connectivity index (χ3n) is 2.87. The van der Waals surface area contributed by atoms with Gasteiger partial charge in [-0.25, -0.2) is 4.52 Å². The van der Waals surface area contributed by atoms with E-state index in [9.17, 15) is 0 Å². The quantitative estimate of drug-likeness (QED) is 0.696. The molecule has 3 rings (SSSR count). The van der Waals surface area contributed by atoms with E-state index in [-0.39, 0.29) is 0 Å². The molecular weight excluding hydrogens is 198 g/mol. The molecule has 0 spiro atoms. The number of fused-ring (bicyclic) bond motifs is 1. The molecule has 0 atom stereocenters. The molecule has 0 amide bonds. The van der Waals surface area contributed by atoms with E-state index in [1.54, 1.807) is 0 Å². The number of imidazole rings is 1. The molecule has 0 aromatic carbocycles. The first-order valence-electron chi connectivity index (χ1n) is 4.89. The predicted molar refractivity (Wildman–Crippen MR) is 55.7 cm³/mol. The minimum atomic E-state index is 0.563. The molecule has 1 saturated carbocycles. The van der Waals surface area contributed by atoms with Crippen molar-refractivity contribution in [3.63, 3.8) is 0 Å². The maximum atomic E-state index is 5.99. The van der Waals surface area contributed by atoms with Gasteiger partial charge in [0.05, 0.1) is 11.6 Å². The van der Waals surface area contributed by atoms with Gasteiger partial charge in [-0.05, 0) is 12.8 Å². The molecule has 2 aromatic rings. The van der Waals surface area contributed by atoms with Gasteiger partial charge < -0.3 is 4.57 Å². The molecule has 2 aromatic heterocycles. The van der Waals surface area contributed by atoms with Gasteiger partial charge in [0.1, 0.15) is 5.65 Å². The van der Waals surface area contributed by atoms with Gasteiger partial charge in [-0.15, -0.1) is 11.6 Å². The van der Waals surface area contributed by atoms with E-state index < -0.39 is 0 Å². The van der Waals surface area contributed by atoms with Crippen LogP contribution in [0.15, 0.2) is 12.4 Å². The maximum Gasteiger partial charge on any atom is 0.140 e. The summed E-state index contributed by atoms with van der Waals surface area (Å²) in [4.78, 5) is 0. The van der Waals surface area contributed by atoms with E-state index in [1.165, 1.54) is 24.1 Å². The number of halogens is 1. The van der Waals surface area contributed by atoms with Crippen LogP contribution in [0, 0.1) is 0 Å². The Morgan fingerprint density at radius 2 is 2.29 bits per heavy atom. The SMILES string of the molecule is Cn1ccn2nc(C3CC3)c(CCl)c12. The molecule has 0 saturated heterocycles. The Hall–Kier alpha value is -0.960. The third kappa shape index (κ3) is 1.02. The van der Waals surface area contributed by atoms with Gasteiger partial charge in [-0.1, -0.05) is 0 Å². The number of nitrogens with zero attached hydrogens (tertiary/aromatic N) is 3. The fourth-order valence-corrected chi connectivity index (χ4v) is 2.26. The first-order chi connectivity index (χ1) is 6.81. The Bertz CT molecular complexity index is 479. The first kappa shape index (κ1) is 8.36. The Morgan fingerprint density at radius 3 is 2.93 bits per heavy atom. The minimum Gasteiger partial charge on any atom is -0.334 e. The number of aromatic nitrogens is 3. The number of hydrogen-bond donors (Lipinski definition) is 0. The molecule has 0 bridgehead atoms. The van der Waals surface area contributed by atoms with Crippen LogP contribution in [0.3, 0.4) is 0 Å². The highest BCUT2D eigenvalue weighted by Gasteiger charge is 2.30. The Balaban J connectivity index is 2.29. The summed E-state index contributed by atoms with van der Waals surface area (Å²) >= 11 is 5.99. The summed E-state index contributed by atoms with van der Waals surface area (Å²) in [6.07, 6.45) is 6.54. The van der Waals surface area contributed by atoms with Crippen LogP contribution in [0.25, 0.3) is 5.65 Å². The summed E-state index contributed by atoms with van der Waals surface area (Å²) in [5.41, 5.74) is 3.56. The van der Waals surface area contributed by atoms with Gasteiger partial charge >= 0.3 is 0 Å². The molecule has 0 aliphatic heterocycles. The highest BCUT2D eigenvalue weighted by atomic mass is 35.5. The molecule has 0 unspecified atom stereocenters. The molecule has 74 valence electrons. The lowest BCUT2D eigenvalue weighted by Gasteiger charge is -1.97. The summed E-state index contributed by atoms with van der Waals surface area (Å²) in [6.45, 7) is 0. The highest BCUT2D eigenvalue weighted by Crippen LogP contribution is 2.42. The second-order valence-electron chi connectivity index (χ2n) is 3.95. The fraction of sp³-hybridized carbons (Fsp3) is 0.500. The number of hydrogen-bond acceptors (Lipinski definition) is 1. The number of rotatable bonds is 2. The smallest absolute Gasteiger partial charge is 0.140 e. The van der Waals surface area contributed by atoms with Crippen LogP contribution >= 0.6 is 11.6 Å². The Labute approximate surface area is 87.3 Å². The summed E-state index contributed by atoms with van der Waals surface area (Å²) in [5, 5.41) is 4.58. The second-order valence-corrected chi connectivity index (χ2v) is 4.22. The van der Waals surface area contributed by atoms with Crippen molar-refractivity contribution in [1.29, 1.82) is 0 Å². The van der Waals surface area contributed by atoms with Crippen LogP contribution < -0.4 is 0 Å². The van der Waals surface area contributed by atoms with Crippen LogP contribution in [-0.4, -0.2) is 14.2 Å². The largest absolute Gasteiger partial charge is 0.334 e. The van der Waals surface area contributed by atoms with Crippen molar-refractivity contribution in [2.75, 3.05) is 0 Å². The fourth-order valence-electron chi connectivity index (χ4n) is 2.00. The Morgan fingerprint density at radius 1 is 1.50 bits per heavy atom. The van der Waals surface area contributed by atoms with Crippen molar-refractivity contribution in [2.24, 2.45) is 7.05 Å². The van der Waals surface area contributed by atoms with E-state index in [1.807, 2.05) is 24.0 Å². The van der Waals surface area contributed by atoms with Crippen molar-refractivity contribution in [2.45, 2.75) is 24.6 Å². The third-order valence-corrected chi connectivity index (χ3v) is 3.14. The van der Waals surface area contributed by atoms with Crippen LogP contribution in [0.1, 0.15) is 30.0 Å². The van der Waals surface area contributed by atoms with Crippen LogP contribution in [-0.2, 0) is 12.9 Å². The standard InChI is InChI=1S/C10H12ClN3/c1-13-4-5-14-10(13)8(6-11)9(12-14)7-2-3-7/h4-5,7H,2-3,6H2,1H3. The topological polar surface area (TPSA) is 22.2 Å². The number of alkyl halides is 1. The molecule has 4 heteroatoms. The molecule has 2 heterocycles. The lowest BCUT2D eigenvalue weighted by Crippen LogP contribution is -1.90. The number of aryl methyl sites for hydroxylation is 1. The molecule has 1 fully saturated rings. The summed E-state index contributed by atoms with van der Waals surface area (Å²) < 4.78 is 4.02. The van der Waals surface area contributed by atoms with Crippen molar-refractivity contribution in [3.8, 4) is 0 Å². The zero-order chi connectivity index (χ0) is 9.71. The lowest BCUT2D eigenvalue weighted by molar-refractivity contribution is 0.888. The zero-order valence-corrected chi connectivity index (χ0v) is 8.83. The van der Waals surface area contributed by atoms with Crippen molar-refractivity contribution < 1.29 is 0 Å². The van der Waals surface area contributed by atoms with E-state index in [0.29, 0.717) is 11.8 Å². The molecule has 3 nitrogen and oxygen atoms in total. The highest BCUT2D eigenvalue weighted by molar-refractivity contribution is 6.17. The van der Waals surface area contributed by atoms with Gasteiger partial charge in [0.25, 0.3) is 0 Å². The first-order valence-corrected chi connectivity index (χ1v) is 5.43. The average Bonchev–Trinajstić information content (AvgIpc) is 2.87. The zero-order valence-electron chi connectivity index (χ0n) is 8.07. The molecule has 1 aliphatic rings. The molecule has 0 N–H and O–H groups in total. The van der Waals surface area contributed by atoms with E-state index in [4.69, 9.17) is 11.6 Å². The molecular formula is C10H12ClN3. The minimum absolute atomic E-state index is 0.563. The van der Waals surface area contributed by atoms with Crippen molar-refractivity contribution >= 4 is 17.2 Å². The normalized spacial score (nSPS) is 16.7. The summed E-state index contributed by atoms with van der Waals surface area (Å²) in [7, 11) is 2.03. The molecule has 1 aliphatic carbocycles. The van der Waals surface area contributed by atoms with Crippen molar-refractivity contribution in [1.82, 2.24) is 14.2 Å². The van der Waals surface area contributed by atoms with E-state index >= 15 is 0 Å². The summed E-state index contributed by atoms with van der Waals surface area (Å²) in [6, 6.07) is 0. The average molecular weight is 210 g/mol. The van der Waals surface area contributed by atoms with Gasteiger partial charge in [-0.3, -0.25) is 0 Å². The Kier molecular flexibility index (Phi) is 1.65. The van der Waals surface area contributed by atoms with Crippen LogP contribution in [0.4, 0.5) is 0 Å². The summed E-state index contributed by atoms with van der Waals surface area (Å²) in [5.74, 6) is 1.23. The van der Waals surface area contributed by atoms with E-state index in [2.05, 4.69) is 9.67 Å².